The summed E-state index contributed by atoms with van der Waals surface area (Å²) in [6.45, 7) is 0. The second-order valence-electron chi connectivity index (χ2n) is 5.41. The predicted octanol–water partition coefficient (Wildman–Crippen LogP) is 2.59. The number of hydrogen-bond acceptors (Lipinski definition) is 2. The summed E-state index contributed by atoms with van der Waals surface area (Å²) >= 11 is 0. The fraction of sp³-hybridized carbons (Fsp3) is 0.375. The molecule has 4 heteroatoms. The van der Waals surface area contributed by atoms with Gasteiger partial charge in [0.25, 0.3) is 11.5 Å². The first kappa shape index (κ1) is 12.9. The Labute approximate surface area is 117 Å². The van der Waals surface area contributed by atoms with Crippen LogP contribution in [0.25, 0.3) is 10.9 Å². The van der Waals surface area contributed by atoms with E-state index in [1.807, 2.05) is 24.3 Å². The standard InChI is InChI=1S/C16H18N2O2/c19-15(17-12-7-2-1-3-8-12)13-10-11-6-4-5-9-14(11)18-16(13)20/h4-6,9-10,12H,1-3,7-8H2,(H,17,19)(H,18,20). The number of benzene rings is 1. The van der Waals surface area contributed by atoms with E-state index in [0.717, 1.165) is 36.6 Å². The van der Waals surface area contributed by atoms with Crippen molar-refractivity contribution in [3.8, 4) is 0 Å². The van der Waals surface area contributed by atoms with Gasteiger partial charge in [0.15, 0.2) is 0 Å². The van der Waals surface area contributed by atoms with E-state index < -0.39 is 0 Å². The van der Waals surface area contributed by atoms with E-state index in [9.17, 15) is 9.59 Å². The number of carbonyl (C=O) groups is 1. The summed E-state index contributed by atoms with van der Waals surface area (Å²) in [7, 11) is 0. The number of pyridine rings is 1. The third-order valence-electron chi connectivity index (χ3n) is 3.94. The minimum absolute atomic E-state index is 0.203. The molecule has 1 aromatic carbocycles. The van der Waals surface area contributed by atoms with E-state index in [0.29, 0.717) is 0 Å². The Kier molecular flexibility index (Phi) is 3.54. The van der Waals surface area contributed by atoms with Gasteiger partial charge in [-0.15, -0.1) is 0 Å². The van der Waals surface area contributed by atoms with Crippen molar-refractivity contribution in [1.29, 1.82) is 0 Å². The highest BCUT2D eigenvalue weighted by molar-refractivity contribution is 5.97. The van der Waals surface area contributed by atoms with Crippen LogP contribution < -0.4 is 10.9 Å². The molecule has 0 unspecified atom stereocenters. The van der Waals surface area contributed by atoms with Crippen molar-refractivity contribution in [1.82, 2.24) is 10.3 Å². The van der Waals surface area contributed by atoms with Crippen LogP contribution >= 0.6 is 0 Å². The molecule has 1 amide bonds. The molecule has 1 fully saturated rings. The van der Waals surface area contributed by atoms with Gasteiger partial charge in [-0.05, 0) is 30.4 Å². The van der Waals surface area contributed by atoms with E-state index in [2.05, 4.69) is 10.3 Å². The van der Waals surface area contributed by atoms with Crippen LogP contribution in [0.5, 0.6) is 0 Å². The average Bonchev–Trinajstić information content (AvgIpc) is 2.47. The summed E-state index contributed by atoms with van der Waals surface area (Å²) in [6.07, 6.45) is 5.56. The molecule has 1 saturated carbocycles. The summed E-state index contributed by atoms with van der Waals surface area (Å²) < 4.78 is 0. The maximum atomic E-state index is 12.2. The highest BCUT2D eigenvalue weighted by Crippen LogP contribution is 2.18. The van der Waals surface area contributed by atoms with Gasteiger partial charge >= 0.3 is 0 Å². The molecule has 1 aliphatic carbocycles. The molecule has 1 aromatic heterocycles. The first-order chi connectivity index (χ1) is 9.74. The lowest BCUT2D eigenvalue weighted by atomic mass is 9.95. The van der Waals surface area contributed by atoms with Crippen molar-refractivity contribution in [2.24, 2.45) is 0 Å². The Balaban J connectivity index is 1.87. The highest BCUT2D eigenvalue weighted by atomic mass is 16.2. The number of aromatic amines is 1. The van der Waals surface area contributed by atoms with Gasteiger partial charge in [-0.1, -0.05) is 37.5 Å². The summed E-state index contributed by atoms with van der Waals surface area (Å²) in [6, 6.07) is 9.36. The van der Waals surface area contributed by atoms with Crippen molar-refractivity contribution in [2.75, 3.05) is 0 Å². The molecule has 0 spiro atoms. The molecule has 0 bridgehead atoms. The van der Waals surface area contributed by atoms with Crippen LogP contribution in [-0.2, 0) is 0 Å². The fourth-order valence-corrected chi connectivity index (χ4v) is 2.83. The number of nitrogens with one attached hydrogen (secondary N) is 2. The van der Waals surface area contributed by atoms with E-state index in [4.69, 9.17) is 0 Å². The highest BCUT2D eigenvalue weighted by Gasteiger charge is 2.18. The van der Waals surface area contributed by atoms with Crippen molar-refractivity contribution >= 4 is 16.8 Å². The molecule has 0 aliphatic heterocycles. The normalized spacial score (nSPS) is 16.2. The number of para-hydroxylation sites is 1. The van der Waals surface area contributed by atoms with Crippen molar-refractivity contribution in [3.05, 3.63) is 46.2 Å². The lowest BCUT2D eigenvalue weighted by Gasteiger charge is -2.22. The molecule has 1 aliphatic rings. The number of H-pyrrole nitrogens is 1. The molecule has 0 radical (unpaired) electrons. The largest absolute Gasteiger partial charge is 0.349 e. The minimum Gasteiger partial charge on any atom is -0.349 e. The third kappa shape index (κ3) is 2.59. The van der Waals surface area contributed by atoms with Gasteiger partial charge in [0, 0.05) is 11.6 Å². The van der Waals surface area contributed by atoms with Gasteiger partial charge in [-0.2, -0.15) is 0 Å². The van der Waals surface area contributed by atoms with Crippen LogP contribution in [-0.4, -0.2) is 16.9 Å². The van der Waals surface area contributed by atoms with Crippen molar-refractivity contribution in [2.45, 2.75) is 38.1 Å². The number of fused-ring (bicyclic) bond motifs is 1. The molecule has 0 saturated heterocycles. The molecule has 2 N–H and O–H groups in total. The molecule has 4 nitrogen and oxygen atoms in total. The van der Waals surface area contributed by atoms with Gasteiger partial charge in [0.1, 0.15) is 5.56 Å². The Bertz CT molecular complexity index is 684. The molecular formula is C16H18N2O2. The fourth-order valence-electron chi connectivity index (χ4n) is 2.83. The van der Waals surface area contributed by atoms with Gasteiger partial charge in [0.2, 0.25) is 0 Å². The van der Waals surface area contributed by atoms with E-state index >= 15 is 0 Å². The molecule has 20 heavy (non-hydrogen) atoms. The average molecular weight is 270 g/mol. The molecule has 104 valence electrons. The van der Waals surface area contributed by atoms with Crippen LogP contribution in [0.1, 0.15) is 42.5 Å². The van der Waals surface area contributed by atoms with Gasteiger partial charge in [-0.3, -0.25) is 9.59 Å². The van der Waals surface area contributed by atoms with E-state index in [1.165, 1.54) is 6.42 Å². The molecule has 1 heterocycles. The molecular weight excluding hydrogens is 252 g/mol. The smallest absolute Gasteiger partial charge is 0.261 e. The van der Waals surface area contributed by atoms with Crippen molar-refractivity contribution < 1.29 is 4.79 Å². The second kappa shape index (κ2) is 5.49. The number of hydrogen-bond donors (Lipinski definition) is 2. The SMILES string of the molecule is O=C(NC1CCCCC1)c1cc2ccccc2[nH]c1=O. The maximum Gasteiger partial charge on any atom is 0.261 e. The van der Waals surface area contributed by atoms with Crippen LogP contribution in [0.2, 0.25) is 0 Å². The number of aromatic nitrogens is 1. The summed E-state index contributed by atoms with van der Waals surface area (Å²) in [4.78, 5) is 27.0. The molecule has 3 rings (SSSR count). The lowest BCUT2D eigenvalue weighted by Crippen LogP contribution is -2.38. The number of carbonyl (C=O) groups excluding carboxylic acids is 1. The maximum absolute atomic E-state index is 12.2. The summed E-state index contributed by atoms with van der Waals surface area (Å²) in [5.41, 5.74) is 0.637. The zero-order valence-corrected chi connectivity index (χ0v) is 11.3. The van der Waals surface area contributed by atoms with Gasteiger partial charge < -0.3 is 10.3 Å². The number of rotatable bonds is 2. The third-order valence-corrected chi connectivity index (χ3v) is 3.94. The van der Waals surface area contributed by atoms with Gasteiger partial charge in [0.05, 0.1) is 0 Å². The summed E-state index contributed by atoms with van der Waals surface area (Å²) in [5.74, 6) is -0.260. The van der Waals surface area contributed by atoms with Crippen LogP contribution in [0.15, 0.2) is 35.1 Å². The number of amides is 1. The first-order valence-corrected chi connectivity index (χ1v) is 7.17. The minimum atomic E-state index is -0.322. The predicted molar refractivity (Wildman–Crippen MR) is 78.9 cm³/mol. The topological polar surface area (TPSA) is 62.0 Å². The Hall–Kier alpha value is -2.10. The van der Waals surface area contributed by atoms with Crippen molar-refractivity contribution in [3.63, 3.8) is 0 Å². The molecule has 0 atom stereocenters. The zero-order chi connectivity index (χ0) is 13.9. The Morgan fingerprint density at radius 1 is 1.15 bits per heavy atom. The Morgan fingerprint density at radius 3 is 2.70 bits per heavy atom. The van der Waals surface area contributed by atoms with Crippen LogP contribution in [0.3, 0.4) is 0 Å². The van der Waals surface area contributed by atoms with E-state index in [1.54, 1.807) is 6.07 Å². The van der Waals surface area contributed by atoms with Crippen LogP contribution in [0.4, 0.5) is 0 Å². The van der Waals surface area contributed by atoms with Crippen LogP contribution in [0, 0.1) is 0 Å². The van der Waals surface area contributed by atoms with E-state index in [-0.39, 0.29) is 23.1 Å². The summed E-state index contributed by atoms with van der Waals surface area (Å²) in [5, 5.41) is 3.86. The monoisotopic (exact) mass is 270 g/mol. The molecule has 2 aromatic rings. The zero-order valence-electron chi connectivity index (χ0n) is 11.3. The van der Waals surface area contributed by atoms with Gasteiger partial charge in [-0.25, -0.2) is 0 Å². The Morgan fingerprint density at radius 2 is 1.90 bits per heavy atom. The quantitative estimate of drug-likeness (QED) is 0.881. The second-order valence-corrected chi connectivity index (χ2v) is 5.41. The first-order valence-electron chi connectivity index (χ1n) is 7.17. The lowest BCUT2D eigenvalue weighted by molar-refractivity contribution is 0.0926.